The number of nitrogens with zero attached hydrogens (tertiary/aromatic N) is 4. The van der Waals surface area contributed by atoms with Crippen LogP contribution in [-0.4, -0.2) is 34.9 Å². The van der Waals surface area contributed by atoms with Crippen LogP contribution in [0, 0.1) is 5.92 Å². The third kappa shape index (κ3) is 4.14. The van der Waals surface area contributed by atoms with Crippen LogP contribution in [0.25, 0.3) is 0 Å². The molecule has 1 aromatic heterocycles. The molecule has 2 aliphatic rings. The Bertz CT molecular complexity index is 1240. The van der Waals surface area contributed by atoms with E-state index < -0.39 is 0 Å². The van der Waals surface area contributed by atoms with Crippen molar-refractivity contribution in [2.75, 3.05) is 28.6 Å². The quantitative estimate of drug-likeness (QED) is 0.594. The van der Waals surface area contributed by atoms with Crippen LogP contribution in [0.3, 0.4) is 0 Å². The number of amides is 2. The fraction of sp³-hybridized carbons (Fsp3) is 0.333. The molecule has 0 bridgehead atoms. The van der Waals surface area contributed by atoms with Crippen molar-refractivity contribution in [2.24, 2.45) is 5.92 Å². The van der Waals surface area contributed by atoms with Gasteiger partial charge in [-0.15, -0.1) is 0 Å². The summed E-state index contributed by atoms with van der Waals surface area (Å²) in [5.74, 6) is -0.392. The summed E-state index contributed by atoms with van der Waals surface area (Å²) in [6, 6.07) is 13.6. The highest BCUT2D eigenvalue weighted by molar-refractivity contribution is 6.05. The summed E-state index contributed by atoms with van der Waals surface area (Å²) in [6.45, 7) is 5.34. The zero-order valence-corrected chi connectivity index (χ0v) is 19.6. The van der Waals surface area contributed by atoms with Gasteiger partial charge in [-0.3, -0.25) is 9.59 Å². The van der Waals surface area contributed by atoms with E-state index >= 15 is 0 Å². The van der Waals surface area contributed by atoms with E-state index in [1.54, 1.807) is 23.4 Å². The van der Waals surface area contributed by atoms with Crippen LogP contribution >= 0.6 is 0 Å². The number of hydrogen-bond donors (Lipinski definition) is 1. The molecule has 0 aliphatic carbocycles. The van der Waals surface area contributed by atoms with Crippen molar-refractivity contribution in [3.8, 4) is 0 Å². The smallest absolute Gasteiger partial charge is 0.232 e. The van der Waals surface area contributed by atoms with Crippen molar-refractivity contribution in [2.45, 2.75) is 38.5 Å². The van der Waals surface area contributed by atoms with Crippen LogP contribution in [-0.2, 0) is 27.8 Å². The number of carbonyl (C=O) groups is 2. The average Bonchev–Trinajstić information content (AvgIpc) is 3.35. The molecule has 1 saturated heterocycles. The molecular weight excluding hydrogens is 426 g/mol. The van der Waals surface area contributed by atoms with Gasteiger partial charge in [-0.25, -0.2) is 9.97 Å². The highest BCUT2D eigenvalue weighted by Crippen LogP contribution is 2.42. The van der Waals surface area contributed by atoms with E-state index in [9.17, 15) is 9.59 Å². The Morgan fingerprint density at radius 3 is 2.62 bits per heavy atom. The lowest BCUT2D eigenvalue weighted by Crippen LogP contribution is -2.39. The lowest BCUT2D eigenvalue weighted by Gasteiger charge is -2.23. The van der Waals surface area contributed by atoms with Gasteiger partial charge in [-0.2, -0.15) is 0 Å². The molecule has 2 N–H and O–H groups in total. The van der Waals surface area contributed by atoms with Gasteiger partial charge >= 0.3 is 0 Å². The molecule has 5 rings (SSSR count). The van der Waals surface area contributed by atoms with Gasteiger partial charge in [0.1, 0.15) is 6.33 Å². The fourth-order valence-corrected chi connectivity index (χ4v) is 5.06. The zero-order chi connectivity index (χ0) is 23.9. The van der Waals surface area contributed by atoms with Crippen LogP contribution in [0.4, 0.5) is 17.1 Å². The molecule has 2 amide bonds. The van der Waals surface area contributed by atoms with Gasteiger partial charge in [0.25, 0.3) is 0 Å². The molecule has 7 nitrogen and oxygen atoms in total. The number of anilines is 3. The van der Waals surface area contributed by atoms with Crippen LogP contribution in [0.5, 0.6) is 0 Å². The molecule has 174 valence electrons. The Balaban J connectivity index is 1.33. The first-order valence-electron chi connectivity index (χ1n) is 11.7. The third-order valence-electron chi connectivity index (χ3n) is 6.87. The molecule has 1 fully saturated rings. The van der Waals surface area contributed by atoms with Crippen molar-refractivity contribution in [1.82, 2.24) is 9.97 Å². The molecule has 0 saturated carbocycles. The largest absolute Gasteiger partial charge is 0.399 e. The second-order valence-electron chi connectivity index (χ2n) is 9.91. The zero-order valence-electron chi connectivity index (χ0n) is 19.6. The molecule has 34 heavy (non-hydrogen) atoms. The predicted molar refractivity (Wildman–Crippen MR) is 133 cm³/mol. The highest BCUT2D eigenvalue weighted by atomic mass is 16.2. The number of benzene rings is 2. The Morgan fingerprint density at radius 2 is 1.85 bits per heavy atom. The van der Waals surface area contributed by atoms with Gasteiger partial charge in [0, 0.05) is 54.4 Å². The number of nitrogen functional groups attached to an aromatic ring is 1. The van der Waals surface area contributed by atoms with Gasteiger partial charge in [0.05, 0.1) is 5.92 Å². The normalized spacial score (nSPS) is 18.9. The molecule has 0 radical (unpaired) electrons. The molecule has 0 spiro atoms. The summed E-state index contributed by atoms with van der Waals surface area (Å²) in [7, 11) is 0. The van der Waals surface area contributed by atoms with Gasteiger partial charge in [-0.05, 0) is 53.8 Å². The first kappa shape index (κ1) is 22.1. The lowest BCUT2D eigenvalue weighted by atomic mass is 9.85. The minimum atomic E-state index is -0.367. The molecule has 7 heteroatoms. The number of aromatic nitrogens is 2. The summed E-state index contributed by atoms with van der Waals surface area (Å²) in [5, 5.41) is 0. The third-order valence-corrected chi connectivity index (χ3v) is 6.87. The number of fused-ring (bicyclic) bond motifs is 1. The molecular formula is C27H29N5O2. The predicted octanol–water partition coefficient (Wildman–Crippen LogP) is 3.52. The maximum Gasteiger partial charge on any atom is 0.232 e. The van der Waals surface area contributed by atoms with E-state index in [1.165, 1.54) is 11.1 Å². The standard InChI is InChI=1S/C27H29N5O2/c1-27(2)16-32(24-9-8-18(10-23(24)27)6-7-19-13-29-17-30-14-19)26(34)20-11-25(33)31(15-20)22-5-3-4-21(28)12-22/h3-5,8-10,12-14,17,20H,6-7,11,15-16,28H2,1-2H3. The van der Waals surface area contributed by atoms with Crippen molar-refractivity contribution in [1.29, 1.82) is 0 Å². The first-order chi connectivity index (χ1) is 16.3. The van der Waals surface area contributed by atoms with Crippen LogP contribution in [0.2, 0.25) is 0 Å². The van der Waals surface area contributed by atoms with Gasteiger partial charge < -0.3 is 15.5 Å². The van der Waals surface area contributed by atoms with Gasteiger partial charge in [0.2, 0.25) is 11.8 Å². The van der Waals surface area contributed by atoms with Gasteiger partial charge in [0.15, 0.2) is 0 Å². The lowest BCUT2D eigenvalue weighted by molar-refractivity contribution is -0.124. The Labute approximate surface area is 199 Å². The fourth-order valence-electron chi connectivity index (χ4n) is 5.06. The van der Waals surface area contributed by atoms with E-state index in [4.69, 9.17) is 5.73 Å². The Kier molecular flexibility index (Phi) is 5.55. The second kappa shape index (κ2) is 8.56. The summed E-state index contributed by atoms with van der Waals surface area (Å²) in [4.78, 5) is 38.1. The van der Waals surface area contributed by atoms with E-state index in [2.05, 4.69) is 42.0 Å². The number of aryl methyl sites for hydroxylation is 2. The highest BCUT2D eigenvalue weighted by Gasteiger charge is 2.43. The van der Waals surface area contributed by atoms with E-state index in [-0.39, 0.29) is 29.6 Å². The molecule has 1 unspecified atom stereocenters. The van der Waals surface area contributed by atoms with Crippen molar-refractivity contribution in [3.63, 3.8) is 0 Å². The van der Waals surface area contributed by atoms with Crippen molar-refractivity contribution < 1.29 is 9.59 Å². The topological polar surface area (TPSA) is 92.4 Å². The molecule has 1 atom stereocenters. The SMILES string of the molecule is CC1(C)CN(C(=O)C2CC(=O)N(c3cccc(N)c3)C2)c2ccc(CCc3cncnc3)cc21. The number of rotatable bonds is 5. The summed E-state index contributed by atoms with van der Waals surface area (Å²) in [6.07, 6.45) is 7.21. The Morgan fingerprint density at radius 1 is 1.09 bits per heavy atom. The first-order valence-corrected chi connectivity index (χ1v) is 11.7. The average molecular weight is 456 g/mol. The summed E-state index contributed by atoms with van der Waals surface area (Å²) in [5.41, 5.74) is 11.6. The van der Waals surface area contributed by atoms with Gasteiger partial charge in [-0.1, -0.05) is 32.0 Å². The maximum absolute atomic E-state index is 13.6. The van der Waals surface area contributed by atoms with Crippen molar-refractivity contribution >= 4 is 28.9 Å². The Hall–Kier alpha value is -3.74. The molecule has 3 heterocycles. The van der Waals surface area contributed by atoms with Crippen LogP contribution in [0.15, 0.2) is 61.2 Å². The van der Waals surface area contributed by atoms with Crippen LogP contribution < -0.4 is 15.5 Å². The van der Waals surface area contributed by atoms with E-state index in [1.807, 2.05) is 29.4 Å². The molecule has 2 aliphatic heterocycles. The maximum atomic E-state index is 13.6. The monoisotopic (exact) mass is 455 g/mol. The number of carbonyl (C=O) groups excluding carboxylic acids is 2. The molecule has 2 aromatic carbocycles. The second-order valence-corrected chi connectivity index (χ2v) is 9.91. The van der Waals surface area contributed by atoms with E-state index in [0.717, 1.165) is 29.8 Å². The van der Waals surface area contributed by atoms with Crippen molar-refractivity contribution in [3.05, 3.63) is 77.9 Å². The summed E-state index contributed by atoms with van der Waals surface area (Å²) >= 11 is 0. The minimum absolute atomic E-state index is 0.0146. The summed E-state index contributed by atoms with van der Waals surface area (Å²) < 4.78 is 0. The minimum Gasteiger partial charge on any atom is -0.399 e. The molecule has 3 aromatic rings. The van der Waals surface area contributed by atoms with Crippen LogP contribution in [0.1, 0.15) is 37.0 Å². The number of nitrogens with two attached hydrogens (primary N) is 1. The number of hydrogen-bond acceptors (Lipinski definition) is 5. The van der Waals surface area contributed by atoms with E-state index in [0.29, 0.717) is 18.8 Å².